The monoisotopic (exact) mass is 322 g/mol. The molecule has 0 aromatic carbocycles. The maximum absolute atomic E-state index is 2.46. The van der Waals surface area contributed by atoms with Crippen LogP contribution in [0.4, 0.5) is 0 Å². The molecule has 0 bridgehead atoms. The quantitative estimate of drug-likeness (QED) is 0.401. The van der Waals surface area contributed by atoms with Gasteiger partial charge in [-0.05, 0) is 48.9 Å². The van der Waals surface area contributed by atoms with Crippen LogP contribution >= 0.6 is 0 Å². The summed E-state index contributed by atoms with van der Waals surface area (Å²) in [4.78, 5) is 0. The molecule has 0 aliphatic heterocycles. The van der Waals surface area contributed by atoms with E-state index in [0.29, 0.717) is 0 Å². The van der Waals surface area contributed by atoms with Crippen molar-refractivity contribution in [1.82, 2.24) is 0 Å². The topological polar surface area (TPSA) is 0 Å². The standard InChI is InChI=1S/C20H38.C3H8/c1-4-16(3)20(5-2)15-19-13-18(14-19)12-8-11-17-9-6-7-10-17;1-3-2/h16-20H,4-15H2,1-3H3;3H2,1-2H3. The van der Waals surface area contributed by atoms with Crippen LogP contribution in [0.3, 0.4) is 0 Å². The highest BCUT2D eigenvalue weighted by Gasteiger charge is 2.31. The molecule has 0 heteroatoms. The fourth-order valence-corrected chi connectivity index (χ4v) is 4.86. The minimum atomic E-state index is 0.946. The average Bonchev–Trinajstić information content (AvgIpc) is 3.02. The minimum Gasteiger partial charge on any atom is -0.0656 e. The molecule has 0 saturated heterocycles. The van der Waals surface area contributed by atoms with Gasteiger partial charge in [0.25, 0.3) is 0 Å². The molecule has 0 radical (unpaired) electrons. The molecular weight excluding hydrogens is 276 g/mol. The van der Waals surface area contributed by atoms with Crippen molar-refractivity contribution in [3.05, 3.63) is 0 Å². The lowest BCUT2D eigenvalue weighted by Gasteiger charge is -2.39. The first-order valence-corrected chi connectivity index (χ1v) is 11.1. The summed E-state index contributed by atoms with van der Waals surface area (Å²) in [5, 5.41) is 0. The van der Waals surface area contributed by atoms with Crippen LogP contribution in [-0.2, 0) is 0 Å². The summed E-state index contributed by atoms with van der Waals surface area (Å²) in [6, 6.07) is 0. The molecule has 23 heavy (non-hydrogen) atoms. The Bertz CT molecular complexity index is 257. The zero-order valence-electron chi connectivity index (χ0n) is 17.1. The first-order valence-electron chi connectivity index (χ1n) is 11.1. The molecule has 2 fully saturated rings. The summed E-state index contributed by atoms with van der Waals surface area (Å²) >= 11 is 0. The first kappa shape index (κ1) is 21.0. The van der Waals surface area contributed by atoms with Crippen molar-refractivity contribution >= 4 is 0 Å². The van der Waals surface area contributed by atoms with Crippen LogP contribution in [0.25, 0.3) is 0 Å². The van der Waals surface area contributed by atoms with Crippen LogP contribution in [0.1, 0.15) is 118 Å². The van der Waals surface area contributed by atoms with E-state index in [1.807, 2.05) is 0 Å². The van der Waals surface area contributed by atoms with Gasteiger partial charge in [0.1, 0.15) is 0 Å². The molecule has 0 amide bonds. The van der Waals surface area contributed by atoms with Gasteiger partial charge in [-0.1, -0.05) is 98.8 Å². The molecule has 2 unspecified atom stereocenters. The normalized spacial score (nSPS) is 27.0. The van der Waals surface area contributed by atoms with Crippen molar-refractivity contribution in [2.24, 2.45) is 29.6 Å². The molecule has 0 aromatic rings. The van der Waals surface area contributed by atoms with Gasteiger partial charge in [0.15, 0.2) is 0 Å². The summed E-state index contributed by atoms with van der Waals surface area (Å²) in [5.74, 6) is 5.26. The molecule has 0 nitrogen and oxygen atoms in total. The first-order chi connectivity index (χ1) is 11.1. The number of hydrogen-bond donors (Lipinski definition) is 0. The highest BCUT2D eigenvalue weighted by Crippen LogP contribution is 2.43. The van der Waals surface area contributed by atoms with Gasteiger partial charge in [-0.15, -0.1) is 0 Å². The Morgan fingerprint density at radius 2 is 1.35 bits per heavy atom. The van der Waals surface area contributed by atoms with Crippen molar-refractivity contribution < 1.29 is 0 Å². The predicted molar refractivity (Wildman–Crippen MR) is 106 cm³/mol. The molecule has 2 saturated carbocycles. The molecule has 0 aromatic heterocycles. The molecule has 2 rings (SSSR count). The Morgan fingerprint density at radius 1 is 0.783 bits per heavy atom. The SMILES string of the molecule is CCC.CCC(C)C(CC)CC1CC(CCCC2CCCC2)C1. The molecule has 0 heterocycles. The van der Waals surface area contributed by atoms with Gasteiger partial charge in [0, 0.05) is 0 Å². The van der Waals surface area contributed by atoms with E-state index in [0.717, 1.165) is 29.6 Å². The van der Waals surface area contributed by atoms with Gasteiger partial charge in [-0.3, -0.25) is 0 Å². The maximum Gasteiger partial charge on any atom is -0.0389 e. The smallest absolute Gasteiger partial charge is 0.0389 e. The fourth-order valence-electron chi connectivity index (χ4n) is 4.86. The third-order valence-electron chi connectivity index (χ3n) is 6.64. The van der Waals surface area contributed by atoms with E-state index >= 15 is 0 Å². The van der Waals surface area contributed by atoms with Crippen LogP contribution in [0.2, 0.25) is 0 Å². The Hall–Kier alpha value is 0. The van der Waals surface area contributed by atoms with Crippen molar-refractivity contribution in [1.29, 1.82) is 0 Å². The second-order valence-corrected chi connectivity index (χ2v) is 8.78. The second kappa shape index (κ2) is 12.4. The zero-order chi connectivity index (χ0) is 17.1. The lowest BCUT2D eigenvalue weighted by Crippen LogP contribution is -2.27. The van der Waals surface area contributed by atoms with Gasteiger partial charge < -0.3 is 0 Å². The third-order valence-corrected chi connectivity index (χ3v) is 6.64. The lowest BCUT2D eigenvalue weighted by molar-refractivity contribution is 0.127. The van der Waals surface area contributed by atoms with E-state index in [1.165, 1.54) is 44.9 Å². The Morgan fingerprint density at radius 3 is 1.87 bits per heavy atom. The van der Waals surface area contributed by atoms with E-state index in [1.54, 1.807) is 38.5 Å². The highest BCUT2D eigenvalue weighted by atomic mass is 14.4. The lowest BCUT2D eigenvalue weighted by atomic mass is 9.67. The summed E-state index contributed by atoms with van der Waals surface area (Å²) in [6.07, 6.45) is 19.4. The summed E-state index contributed by atoms with van der Waals surface area (Å²) in [7, 11) is 0. The van der Waals surface area contributed by atoms with Gasteiger partial charge in [-0.2, -0.15) is 0 Å². The summed E-state index contributed by atoms with van der Waals surface area (Å²) in [5.41, 5.74) is 0. The fraction of sp³-hybridized carbons (Fsp3) is 1.00. The van der Waals surface area contributed by atoms with Crippen LogP contribution in [-0.4, -0.2) is 0 Å². The van der Waals surface area contributed by atoms with Crippen molar-refractivity contribution in [2.45, 2.75) is 118 Å². The highest BCUT2D eigenvalue weighted by molar-refractivity contribution is 4.82. The molecule has 0 N–H and O–H groups in total. The minimum absolute atomic E-state index is 0.946. The van der Waals surface area contributed by atoms with Gasteiger partial charge in [0.2, 0.25) is 0 Å². The van der Waals surface area contributed by atoms with Gasteiger partial charge >= 0.3 is 0 Å². The van der Waals surface area contributed by atoms with Crippen molar-refractivity contribution in [3.63, 3.8) is 0 Å². The van der Waals surface area contributed by atoms with Gasteiger partial charge in [-0.25, -0.2) is 0 Å². The third kappa shape index (κ3) is 8.08. The Balaban J connectivity index is 0.000000816. The van der Waals surface area contributed by atoms with E-state index in [2.05, 4.69) is 34.6 Å². The number of hydrogen-bond acceptors (Lipinski definition) is 0. The van der Waals surface area contributed by atoms with Crippen LogP contribution in [0.15, 0.2) is 0 Å². The predicted octanol–water partition coefficient (Wildman–Crippen LogP) is 8.25. The zero-order valence-corrected chi connectivity index (χ0v) is 17.1. The Labute approximate surface area is 148 Å². The molecular formula is C23H46. The van der Waals surface area contributed by atoms with E-state index in [-0.39, 0.29) is 0 Å². The van der Waals surface area contributed by atoms with Crippen LogP contribution in [0.5, 0.6) is 0 Å². The number of rotatable bonds is 9. The molecule has 2 atom stereocenters. The molecule has 2 aliphatic rings. The largest absolute Gasteiger partial charge is 0.0656 e. The van der Waals surface area contributed by atoms with E-state index in [4.69, 9.17) is 0 Å². The average molecular weight is 323 g/mol. The maximum atomic E-state index is 2.46. The molecule has 2 aliphatic carbocycles. The van der Waals surface area contributed by atoms with E-state index < -0.39 is 0 Å². The summed E-state index contributed by atoms with van der Waals surface area (Å²) in [6.45, 7) is 11.5. The van der Waals surface area contributed by atoms with Crippen molar-refractivity contribution in [2.75, 3.05) is 0 Å². The second-order valence-electron chi connectivity index (χ2n) is 8.78. The summed E-state index contributed by atoms with van der Waals surface area (Å²) < 4.78 is 0. The van der Waals surface area contributed by atoms with Crippen molar-refractivity contribution in [3.8, 4) is 0 Å². The van der Waals surface area contributed by atoms with Gasteiger partial charge in [0.05, 0.1) is 0 Å². The molecule has 0 spiro atoms. The van der Waals surface area contributed by atoms with E-state index in [9.17, 15) is 0 Å². The Kier molecular flexibility index (Phi) is 11.3. The van der Waals surface area contributed by atoms with Crippen LogP contribution < -0.4 is 0 Å². The van der Waals surface area contributed by atoms with Crippen LogP contribution in [0, 0.1) is 29.6 Å². The molecule has 138 valence electrons.